The molecule has 0 saturated carbocycles. The zero-order valence-corrected chi connectivity index (χ0v) is 4.61. The van der Waals surface area contributed by atoms with E-state index in [2.05, 4.69) is 0 Å². The molecule has 0 bridgehead atoms. The van der Waals surface area contributed by atoms with Gasteiger partial charge in [-0.05, 0) is 0 Å². The second-order valence-electron chi connectivity index (χ2n) is 0.0639. The first kappa shape index (κ1) is 8.93. The van der Waals surface area contributed by atoms with Gasteiger partial charge < -0.3 is 5.48 Å². The average molecular weight is 140 g/mol. The van der Waals surface area contributed by atoms with Crippen molar-refractivity contribution in [2.75, 3.05) is 0 Å². The minimum atomic E-state index is -0.368. The summed E-state index contributed by atoms with van der Waals surface area (Å²) < 4.78 is 0. The van der Waals surface area contributed by atoms with Crippen molar-refractivity contribution in [2.45, 2.75) is 0 Å². The van der Waals surface area contributed by atoms with E-state index in [4.69, 9.17) is 19.7 Å². The monoisotopic (exact) mass is 139 g/mol. The first-order valence-corrected chi connectivity index (χ1v) is 4.18. The van der Waals surface area contributed by atoms with Gasteiger partial charge in [-0.2, -0.15) is 0 Å². The van der Waals surface area contributed by atoms with Crippen LogP contribution in [0.4, 0.5) is 0 Å². The quantitative estimate of drug-likeness (QED) is 0.470. The van der Waals surface area contributed by atoms with Crippen LogP contribution in [0.5, 0.6) is 0 Å². The Balaban J connectivity index is 0. The molecule has 0 aliphatic rings. The molecule has 0 unspecified atom stereocenters. The van der Waals surface area contributed by atoms with Gasteiger partial charge in [-0.25, -0.2) is 0 Å². The molecule has 0 rings (SSSR count). The second-order valence-corrected chi connectivity index (χ2v) is 2.37. The van der Waals surface area contributed by atoms with Crippen molar-refractivity contribution in [1.82, 2.24) is 0 Å². The third-order valence-electron chi connectivity index (χ3n) is 0. The van der Waals surface area contributed by atoms with Gasteiger partial charge in [0.2, 0.25) is 0 Å². The molecular weight excluding hydrogens is 138 g/mol. The van der Waals surface area contributed by atoms with Crippen LogP contribution >= 0.6 is 19.7 Å². The standard InChI is InChI=1S/2ClH.H2O.V/h2*1H;1H2;/q;;;+2/p-2. The van der Waals surface area contributed by atoms with E-state index >= 15 is 0 Å². The normalized spacial score (nSPS) is 3.50. The zero-order valence-electron chi connectivity index (χ0n) is 1.70. The molecule has 0 spiro atoms. The summed E-state index contributed by atoms with van der Waals surface area (Å²) in [6.45, 7) is 0. The number of hydrogen-bond donors (Lipinski definition) is 0. The first-order chi connectivity index (χ1) is 1.41. The summed E-state index contributed by atoms with van der Waals surface area (Å²) >= 11 is -0.368. The molecule has 0 aromatic heterocycles. The van der Waals surface area contributed by atoms with E-state index in [1.165, 1.54) is 0 Å². The van der Waals surface area contributed by atoms with Gasteiger partial charge in [-0.3, -0.25) is 0 Å². The fourth-order valence-electron chi connectivity index (χ4n) is 0. The van der Waals surface area contributed by atoms with Crippen LogP contribution in [0.15, 0.2) is 0 Å². The SMILES string of the molecule is O.[Cl][V][Cl]. The summed E-state index contributed by atoms with van der Waals surface area (Å²) in [4.78, 5) is 0. The van der Waals surface area contributed by atoms with Crippen LogP contribution in [0.1, 0.15) is 0 Å². The van der Waals surface area contributed by atoms with Crippen LogP contribution in [0, 0.1) is 0 Å². The summed E-state index contributed by atoms with van der Waals surface area (Å²) in [6.07, 6.45) is 0. The minimum absolute atomic E-state index is 0. The summed E-state index contributed by atoms with van der Waals surface area (Å²) in [5.41, 5.74) is 0. The first-order valence-electron chi connectivity index (χ1n) is 0.338. The van der Waals surface area contributed by atoms with Gasteiger partial charge in [0, 0.05) is 0 Å². The molecule has 0 heterocycles. The van der Waals surface area contributed by atoms with Crippen molar-refractivity contribution in [1.29, 1.82) is 0 Å². The van der Waals surface area contributed by atoms with Crippen molar-refractivity contribution in [3.63, 3.8) is 0 Å². The summed E-state index contributed by atoms with van der Waals surface area (Å²) in [5, 5.41) is 0. The predicted molar refractivity (Wildman–Crippen MR) is 15.3 cm³/mol. The molecule has 0 atom stereocenters. The van der Waals surface area contributed by atoms with E-state index in [0.717, 1.165) is 0 Å². The van der Waals surface area contributed by atoms with Crippen LogP contribution in [-0.4, -0.2) is 5.48 Å². The topological polar surface area (TPSA) is 31.5 Å². The Morgan fingerprint density at radius 1 is 1.25 bits per heavy atom. The van der Waals surface area contributed by atoms with Crippen molar-refractivity contribution < 1.29 is 19.8 Å². The maximum atomic E-state index is 4.86. The van der Waals surface area contributed by atoms with E-state index in [1.807, 2.05) is 0 Å². The Bertz CT molecular complexity index is 6.00. The molecule has 4 heavy (non-hydrogen) atoms. The summed E-state index contributed by atoms with van der Waals surface area (Å²) in [6, 6.07) is 0. The van der Waals surface area contributed by atoms with Crippen LogP contribution in [0.2, 0.25) is 0 Å². The van der Waals surface area contributed by atoms with Gasteiger partial charge >= 0.3 is 34.1 Å². The number of halogens is 2. The Morgan fingerprint density at radius 3 is 1.25 bits per heavy atom. The summed E-state index contributed by atoms with van der Waals surface area (Å²) in [5.74, 6) is 0. The molecule has 0 aliphatic carbocycles. The fourth-order valence-corrected chi connectivity index (χ4v) is 0. The molecule has 4 heteroatoms. The van der Waals surface area contributed by atoms with E-state index in [1.54, 1.807) is 0 Å². The van der Waals surface area contributed by atoms with Crippen LogP contribution in [0.25, 0.3) is 0 Å². The van der Waals surface area contributed by atoms with Gasteiger partial charge in [0.25, 0.3) is 0 Å². The second kappa shape index (κ2) is 8.92. The van der Waals surface area contributed by atoms with Crippen LogP contribution < -0.4 is 0 Å². The Kier molecular flexibility index (Phi) is 19.9. The van der Waals surface area contributed by atoms with Crippen molar-refractivity contribution in [2.24, 2.45) is 0 Å². The third-order valence-corrected chi connectivity index (χ3v) is 0. The van der Waals surface area contributed by atoms with Gasteiger partial charge in [0.15, 0.2) is 0 Å². The van der Waals surface area contributed by atoms with Crippen LogP contribution in [-0.2, 0) is 14.4 Å². The van der Waals surface area contributed by atoms with E-state index in [9.17, 15) is 0 Å². The average Bonchev–Trinajstić information content (AvgIpc) is 0.918. The molecule has 0 amide bonds. The van der Waals surface area contributed by atoms with E-state index in [-0.39, 0.29) is 19.8 Å². The molecule has 27 valence electrons. The van der Waals surface area contributed by atoms with Crippen molar-refractivity contribution >= 4 is 19.7 Å². The van der Waals surface area contributed by atoms with Gasteiger partial charge in [-0.1, -0.05) is 0 Å². The molecule has 0 fully saturated rings. The molecule has 0 aliphatic heterocycles. The number of hydrogen-bond acceptors (Lipinski definition) is 0. The van der Waals surface area contributed by atoms with Gasteiger partial charge in [0.05, 0.1) is 0 Å². The van der Waals surface area contributed by atoms with Gasteiger partial charge in [0.1, 0.15) is 0 Å². The maximum absolute atomic E-state index is 4.86. The molecule has 1 nitrogen and oxygen atoms in total. The number of rotatable bonds is 0. The fraction of sp³-hybridized carbons (Fsp3) is 0. The van der Waals surface area contributed by atoms with E-state index in [0.29, 0.717) is 0 Å². The molecule has 2 N–H and O–H groups in total. The molecule has 0 radical (unpaired) electrons. The predicted octanol–water partition coefficient (Wildman–Crippen LogP) is 0.552. The Labute approximate surface area is 39.9 Å². The molecule has 0 aromatic carbocycles. The third kappa shape index (κ3) is 11.2. The van der Waals surface area contributed by atoms with E-state index < -0.39 is 0 Å². The molecular formula is H2Cl2OV. The molecule has 0 aromatic rings. The van der Waals surface area contributed by atoms with Crippen molar-refractivity contribution in [3.8, 4) is 0 Å². The Morgan fingerprint density at radius 2 is 1.25 bits per heavy atom. The van der Waals surface area contributed by atoms with Crippen molar-refractivity contribution in [3.05, 3.63) is 0 Å². The van der Waals surface area contributed by atoms with Crippen LogP contribution in [0.3, 0.4) is 0 Å². The molecule has 0 saturated heterocycles. The summed E-state index contributed by atoms with van der Waals surface area (Å²) in [7, 11) is 9.72. The zero-order chi connectivity index (χ0) is 2.71. The Hall–Kier alpha value is 1.12. The van der Waals surface area contributed by atoms with Gasteiger partial charge in [-0.15, -0.1) is 0 Å².